The minimum atomic E-state index is -0.344. The summed E-state index contributed by atoms with van der Waals surface area (Å²) in [5.41, 5.74) is 1.90. The molecule has 3 rings (SSSR count). The number of nitrogens with zero attached hydrogens (tertiary/aromatic N) is 3. The molecule has 0 radical (unpaired) electrons. The van der Waals surface area contributed by atoms with Gasteiger partial charge in [-0.3, -0.25) is 9.69 Å². The summed E-state index contributed by atoms with van der Waals surface area (Å²) in [5, 5.41) is 2.71. The second-order valence-corrected chi connectivity index (χ2v) is 4.76. The number of hydrogen-bond donors (Lipinski definition) is 1. The Morgan fingerprint density at radius 1 is 1.33 bits per heavy atom. The van der Waals surface area contributed by atoms with E-state index in [1.54, 1.807) is 4.90 Å². The summed E-state index contributed by atoms with van der Waals surface area (Å²) in [6.07, 6.45) is 0.159. The lowest BCUT2D eigenvalue weighted by atomic mass is 10.3. The third-order valence-corrected chi connectivity index (χ3v) is 3.50. The zero-order chi connectivity index (χ0) is 14.8. The van der Waals surface area contributed by atoms with Gasteiger partial charge >= 0.3 is 12.0 Å². The van der Waals surface area contributed by atoms with E-state index in [0.717, 1.165) is 17.6 Å². The molecular formula is C14H16N4O3. The van der Waals surface area contributed by atoms with Crippen molar-refractivity contribution in [1.29, 1.82) is 0 Å². The van der Waals surface area contributed by atoms with E-state index in [9.17, 15) is 9.59 Å². The van der Waals surface area contributed by atoms with Crippen LogP contribution in [0.25, 0.3) is 11.0 Å². The fourth-order valence-corrected chi connectivity index (χ4v) is 2.45. The van der Waals surface area contributed by atoms with Gasteiger partial charge in [0.05, 0.1) is 24.6 Å². The monoisotopic (exact) mass is 288 g/mol. The van der Waals surface area contributed by atoms with Crippen LogP contribution in [-0.2, 0) is 16.1 Å². The number of anilines is 1. The van der Waals surface area contributed by atoms with Crippen LogP contribution in [0.15, 0.2) is 24.3 Å². The number of hydrogen-bond acceptors (Lipinski definition) is 4. The highest BCUT2D eigenvalue weighted by Gasteiger charge is 2.28. The molecule has 1 N–H and O–H groups in total. The number of fused-ring (bicyclic) bond motifs is 3. The van der Waals surface area contributed by atoms with Gasteiger partial charge in [-0.25, -0.2) is 9.78 Å². The van der Waals surface area contributed by atoms with Crippen molar-refractivity contribution in [1.82, 2.24) is 14.9 Å². The SMILES string of the molecule is COC(=O)CCNC(=O)N1CCn2c1nc1ccccc12. The quantitative estimate of drug-likeness (QED) is 0.859. The number of urea groups is 1. The van der Waals surface area contributed by atoms with Crippen molar-refractivity contribution in [2.75, 3.05) is 25.1 Å². The van der Waals surface area contributed by atoms with E-state index in [4.69, 9.17) is 0 Å². The maximum Gasteiger partial charge on any atom is 0.324 e. The number of carbonyl (C=O) groups excluding carboxylic acids is 2. The molecule has 0 bridgehead atoms. The minimum Gasteiger partial charge on any atom is -0.469 e. The molecule has 0 aliphatic carbocycles. The first-order chi connectivity index (χ1) is 10.2. The summed E-state index contributed by atoms with van der Waals surface area (Å²) >= 11 is 0. The fourth-order valence-electron chi connectivity index (χ4n) is 2.45. The van der Waals surface area contributed by atoms with Gasteiger partial charge in [0.25, 0.3) is 0 Å². The number of esters is 1. The Labute approximate surface area is 121 Å². The van der Waals surface area contributed by atoms with Crippen LogP contribution in [0, 0.1) is 0 Å². The highest BCUT2D eigenvalue weighted by atomic mass is 16.5. The third kappa shape index (κ3) is 2.42. The van der Waals surface area contributed by atoms with Crippen LogP contribution >= 0.6 is 0 Å². The highest BCUT2D eigenvalue weighted by molar-refractivity contribution is 5.93. The largest absolute Gasteiger partial charge is 0.469 e. The molecule has 0 atom stereocenters. The lowest BCUT2D eigenvalue weighted by molar-refractivity contribution is -0.140. The molecule has 0 saturated heterocycles. The Bertz CT molecular complexity index is 695. The Morgan fingerprint density at radius 3 is 2.95 bits per heavy atom. The number of benzene rings is 1. The smallest absolute Gasteiger partial charge is 0.324 e. The molecule has 1 aromatic carbocycles. The van der Waals surface area contributed by atoms with Crippen molar-refractivity contribution in [3.05, 3.63) is 24.3 Å². The lowest BCUT2D eigenvalue weighted by Crippen LogP contribution is -2.40. The van der Waals surface area contributed by atoms with E-state index in [-0.39, 0.29) is 25.0 Å². The van der Waals surface area contributed by atoms with Crippen LogP contribution in [0.4, 0.5) is 10.7 Å². The average molecular weight is 288 g/mol. The molecule has 2 heterocycles. The van der Waals surface area contributed by atoms with Crippen LogP contribution in [0.2, 0.25) is 0 Å². The summed E-state index contributed by atoms with van der Waals surface area (Å²) in [5.74, 6) is 0.302. The van der Waals surface area contributed by atoms with Gasteiger partial charge in [0.2, 0.25) is 5.95 Å². The van der Waals surface area contributed by atoms with E-state index in [2.05, 4.69) is 15.0 Å². The number of ether oxygens (including phenoxy) is 1. The molecule has 1 aliphatic rings. The molecule has 2 amide bonds. The van der Waals surface area contributed by atoms with Crippen molar-refractivity contribution in [3.63, 3.8) is 0 Å². The van der Waals surface area contributed by atoms with E-state index in [0.29, 0.717) is 12.5 Å². The summed E-state index contributed by atoms with van der Waals surface area (Å²) in [6.45, 7) is 1.56. The molecule has 0 fully saturated rings. The standard InChI is InChI=1S/C14H16N4O3/c1-21-12(19)6-7-15-14(20)18-9-8-17-11-5-3-2-4-10(11)16-13(17)18/h2-5H,6-9H2,1H3,(H,15,20). The molecule has 1 aliphatic heterocycles. The normalized spacial score (nSPS) is 13.3. The zero-order valence-electron chi connectivity index (χ0n) is 11.7. The number of methoxy groups -OCH3 is 1. The van der Waals surface area contributed by atoms with Crippen molar-refractivity contribution < 1.29 is 14.3 Å². The number of imidazole rings is 1. The zero-order valence-corrected chi connectivity index (χ0v) is 11.7. The molecule has 7 nitrogen and oxygen atoms in total. The fraction of sp³-hybridized carbons (Fsp3) is 0.357. The van der Waals surface area contributed by atoms with Gasteiger partial charge in [-0.1, -0.05) is 12.1 Å². The van der Waals surface area contributed by atoms with Gasteiger partial charge < -0.3 is 14.6 Å². The Balaban J connectivity index is 1.72. The first-order valence-electron chi connectivity index (χ1n) is 6.78. The third-order valence-electron chi connectivity index (χ3n) is 3.50. The van der Waals surface area contributed by atoms with Crippen LogP contribution in [0.1, 0.15) is 6.42 Å². The molecule has 0 spiro atoms. The number of aromatic nitrogens is 2. The van der Waals surface area contributed by atoms with Crippen LogP contribution in [0.5, 0.6) is 0 Å². The minimum absolute atomic E-state index is 0.159. The Morgan fingerprint density at radius 2 is 2.14 bits per heavy atom. The predicted octanol–water partition coefficient (Wildman–Crippen LogP) is 1.13. The molecular weight excluding hydrogens is 272 g/mol. The molecule has 7 heteroatoms. The van der Waals surface area contributed by atoms with Crippen LogP contribution in [-0.4, -0.2) is 41.8 Å². The first-order valence-corrected chi connectivity index (χ1v) is 6.78. The Kier molecular flexibility index (Phi) is 3.47. The summed E-state index contributed by atoms with van der Waals surface area (Å²) in [4.78, 5) is 29.3. The number of amides is 2. The lowest BCUT2D eigenvalue weighted by Gasteiger charge is -2.14. The van der Waals surface area contributed by atoms with Crippen molar-refractivity contribution in [3.8, 4) is 0 Å². The summed E-state index contributed by atoms with van der Waals surface area (Å²) in [6, 6.07) is 7.55. The number of para-hydroxylation sites is 2. The van der Waals surface area contributed by atoms with E-state index < -0.39 is 0 Å². The van der Waals surface area contributed by atoms with Crippen molar-refractivity contribution >= 4 is 29.0 Å². The average Bonchev–Trinajstić information content (AvgIpc) is 3.05. The van der Waals surface area contributed by atoms with Gasteiger partial charge in [-0.2, -0.15) is 0 Å². The number of carbonyl (C=O) groups is 2. The van der Waals surface area contributed by atoms with E-state index >= 15 is 0 Å². The van der Waals surface area contributed by atoms with Gasteiger partial charge in [0.1, 0.15) is 0 Å². The molecule has 21 heavy (non-hydrogen) atoms. The number of nitrogens with one attached hydrogen (secondary N) is 1. The van der Waals surface area contributed by atoms with E-state index in [1.165, 1.54) is 7.11 Å². The topological polar surface area (TPSA) is 76.5 Å². The van der Waals surface area contributed by atoms with Gasteiger partial charge in [0.15, 0.2) is 0 Å². The molecule has 1 aromatic heterocycles. The second kappa shape index (κ2) is 5.43. The van der Waals surface area contributed by atoms with Gasteiger partial charge in [0, 0.05) is 19.6 Å². The van der Waals surface area contributed by atoms with Crippen LogP contribution in [0.3, 0.4) is 0 Å². The van der Waals surface area contributed by atoms with Crippen molar-refractivity contribution in [2.24, 2.45) is 0 Å². The Hall–Kier alpha value is -2.57. The molecule has 2 aromatic rings. The van der Waals surface area contributed by atoms with E-state index in [1.807, 2.05) is 28.8 Å². The second-order valence-electron chi connectivity index (χ2n) is 4.76. The van der Waals surface area contributed by atoms with Crippen molar-refractivity contribution in [2.45, 2.75) is 13.0 Å². The maximum atomic E-state index is 12.2. The summed E-state index contributed by atoms with van der Waals surface area (Å²) in [7, 11) is 1.33. The van der Waals surface area contributed by atoms with Crippen LogP contribution < -0.4 is 10.2 Å². The summed E-state index contributed by atoms with van der Waals surface area (Å²) < 4.78 is 6.56. The molecule has 0 saturated carbocycles. The predicted molar refractivity (Wildman–Crippen MR) is 77.1 cm³/mol. The maximum absolute atomic E-state index is 12.2. The first kappa shape index (κ1) is 13.4. The molecule has 110 valence electrons. The highest BCUT2D eigenvalue weighted by Crippen LogP contribution is 2.26. The number of rotatable bonds is 3. The molecule has 0 unspecified atom stereocenters. The van der Waals surface area contributed by atoms with Gasteiger partial charge in [-0.05, 0) is 12.1 Å². The van der Waals surface area contributed by atoms with Gasteiger partial charge in [-0.15, -0.1) is 0 Å².